The Labute approximate surface area is 78.1 Å². The first kappa shape index (κ1) is 10.2. The van der Waals surface area contributed by atoms with Gasteiger partial charge in [0.25, 0.3) is 0 Å². The molecule has 2 amide bonds. The summed E-state index contributed by atoms with van der Waals surface area (Å²) >= 11 is 0. The maximum absolute atomic E-state index is 11.5. The van der Waals surface area contributed by atoms with Gasteiger partial charge in [0.1, 0.15) is 0 Å². The molecule has 4 nitrogen and oxygen atoms in total. The number of likely N-dealkylation sites (tertiary alicyclic amines) is 1. The third-order valence-electron chi connectivity index (χ3n) is 2.38. The molecule has 0 saturated carbocycles. The lowest BCUT2D eigenvalue weighted by Gasteiger charge is -2.38. The number of nitrogens with two attached hydrogens (primary N) is 1. The molecule has 1 fully saturated rings. The molecule has 13 heavy (non-hydrogen) atoms. The first-order valence-electron chi connectivity index (χ1n) is 4.55. The minimum Gasteiger partial charge on any atom is -0.328 e. The summed E-state index contributed by atoms with van der Waals surface area (Å²) in [5.74, 6) is -0.182. The van der Waals surface area contributed by atoms with Crippen LogP contribution in [0, 0.1) is 0 Å². The fourth-order valence-electron chi connectivity index (χ4n) is 1.52. The van der Waals surface area contributed by atoms with Crippen molar-refractivity contribution >= 4 is 11.8 Å². The number of imide groups is 1. The minimum absolute atomic E-state index is 0.0910. The van der Waals surface area contributed by atoms with Gasteiger partial charge in [0.15, 0.2) is 0 Å². The molecule has 0 aromatic rings. The lowest BCUT2D eigenvalue weighted by atomic mass is 9.98. The fourth-order valence-corrected chi connectivity index (χ4v) is 1.52. The molecule has 0 bridgehead atoms. The van der Waals surface area contributed by atoms with Gasteiger partial charge in [-0.05, 0) is 20.3 Å². The summed E-state index contributed by atoms with van der Waals surface area (Å²) in [6.45, 7) is 3.94. The van der Waals surface area contributed by atoms with Gasteiger partial charge in [0.2, 0.25) is 11.8 Å². The Morgan fingerprint density at radius 3 is 2.15 bits per heavy atom. The quantitative estimate of drug-likeness (QED) is 0.626. The molecule has 1 saturated heterocycles. The first-order valence-corrected chi connectivity index (χ1v) is 4.55. The zero-order chi connectivity index (χ0) is 10.1. The van der Waals surface area contributed by atoms with Crippen molar-refractivity contribution in [1.82, 2.24) is 4.90 Å². The van der Waals surface area contributed by atoms with Crippen LogP contribution in [0.3, 0.4) is 0 Å². The highest BCUT2D eigenvalue weighted by atomic mass is 16.2. The third kappa shape index (κ3) is 1.88. The smallest absolute Gasteiger partial charge is 0.229 e. The zero-order valence-corrected chi connectivity index (χ0v) is 8.17. The molecule has 1 aliphatic heterocycles. The standard InChI is InChI=1S/C9H16N2O2/c1-9(2,6-10)11-7(12)4-3-5-8(11)13/h3-6,10H2,1-2H3. The average molecular weight is 184 g/mol. The Bertz CT molecular complexity index is 220. The SMILES string of the molecule is CC(C)(CN)N1C(=O)CCCC1=O. The van der Waals surface area contributed by atoms with E-state index in [1.807, 2.05) is 13.8 Å². The number of hydrogen-bond acceptors (Lipinski definition) is 3. The van der Waals surface area contributed by atoms with Crippen molar-refractivity contribution in [3.63, 3.8) is 0 Å². The number of carbonyl (C=O) groups is 2. The highest BCUT2D eigenvalue weighted by molar-refractivity contribution is 5.98. The van der Waals surface area contributed by atoms with Crippen molar-refractivity contribution in [1.29, 1.82) is 0 Å². The number of carbonyl (C=O) groups excluding carboxylic acids is 2. The molecule has 0 aliphatic carbocycles. The minimum atomic E-state index is -0.533. The fraction of sp³-hybridized carbons (Fsp3) is 0.778. The van der Waals surface area contributed by atoms with Crippen molar-refractivity contribution in [3.05, 3.63) is 0 Å². The summed E-state index contributed by atoms with van der Waals surface area (Å²) in [6, 6.07) is 0. The van der Waals surface area contributed by atoms with Crippen LogP contribution in [0.2, 0.25) is 0 Å². The number of hydrogen-bond donors (Lipinski definition) is 1. The van der Waals surface area contributed by atoms with Crippen molar-refractivity contribution in [2.75, 3.05) is 6.54 Å². The van der Waals surface area contributed by atoms with Crippen LogP contribution in [0.1, 0.15) is 33.1 Å². The summed E-state index contributed by atoms with van der Waals surface area (Å²) in [5, 5.41) is 0. The second-order valence-corrected chi connectivity index (χ2v) is 3.99. The van der Waals surface area contributed by atoms with Crippen molar-refractivity contribution < 1.29 is 9.59 Å². The second kappa shape index (κ2) is 3.46. The van der Waals surface area contributed by atoms with Gasteiger partial charge in [-0.15, -0.1) is 0 Å². The van der Waals surface area contributed by atoms with Gasteiger partial charge in [-0.1, -0.05) is 0 Å². The Kier molecular flexibility index (Phi) is 2.71. The highest BCUT2D eigenvalue weighted by Crippen LogP contribution is 2.21. The Morgan fingerprint density at radius 1 is 1.31 bits per heavy atom. The van der Waals surface area contributed by atoms with Crippen LogP contribution in [-0.4, -0.2) is 28.8 Å². The summed E-state index contributed by atoms with van der Waals surface area (Å²) in [7, 11) is 0. The number of piperidine rings is 1. The molecule has 0 spiro atoms. The molecule has 4 heteroatoms. The molecule has 1 heterocycles. The van der Waals surface area contributed by atoms with Gasteiger partial charge in [-0.2, -0.15) is 0 Å². The van der Waals surface area contributed by atoms with Gasteiger partial charge in [-0.3, -0.25) is 14.5 Å². The largest absolute Gasteiger partial charge is 0.328 e. The van der Waals surface area contributed by atoms with Crippen LogP contribution in [-0.2, 0) is 9.59 Å². The molecule has 1 rings (SSSR count). The van der Waals surface area contributed by atoms with E-state index < -0.39 is 5.54 Å². The van der Waals surface area contributed by atoms with E-state index in [2.05, 4.69) is 0 Å². The van der Waals surface area contributed by atoms with E-state index in [4.69, 9.17) is 5.73 Å². The zero-order valence-electron chi connectivity index (χ0n) is 8.17. The number of rotatable bonds is 2. The van der Waals surface area contributed by atoms with Crippen LogP contribution in [0.4, 0.5) is 0 Å². The van der Waals surface area contributed by atoms with E-state index in [9.17, 15) is 9.59 Å². The normalized spacial score (nSPS) is 19.5. The lowest BCUT2D eigenvalue weighted by molar-refractivity contribution is -0.154. The summed E-state index contributed by atoms with van der Waals surface area (Å²) < 4.78 is 0. The van der Waals surface area contributed by atoms with Gasteiger partial charge >= 0.3 is 0 Å². The van der Waals surface area contributed by atoms with E-state index >= 15 is 0 Å². The predicted molar refractivity (Wildman–Crippen MR) is 48.8 cm³/mol. The van der Waals surface area contributed by atoms with E-state index in [1.54, 1.807) is 0 Å². The summed E-state index contributed by atoms with van der Waals surface area (Å²) in [5.41, 5.74) is 4.98. The Balaban J connectivity index is 2.86. The molecule has 0 aromatic carbocycles. The van der Waals surface area contributed by atoms with Crippen LogP contribution in [0.5, 0.6) is 0 Å². The number of amides is 2. The van der Waals surface area contributed by atoms with Crippen LogP contribution >= 0.6 is 0 Å². The molecule has 0 aromatic heterocycles. The second-order valence-electron chi connectivity index (χ2n) is 3.99. The van der Waals surface area contributed by atoms with E-state index in [1.165, 1.54) is 4.90 Å². The monoisotopic (exact) mass is 184 g/mol. The molecule has 1 aliphatic rings. The lowest BCUT2D eigenvalue weighted by Crippen LogP contribution is -2.56. The van der Waals surface area contributed by atoms with Gasteiger partial charge < -0.3 is 5.73 Å². The van der Waals surface area contributed by atoms with Crippen molar-refractivity contribution in [2.24, 2.45) is 5.73 Å². The Morgan fingerprint density at radius 2 is 1.77 bits per heavy atom. The van der Waals surface area contributed by atoms with Crippen LogP contribution in [0.15, 0.2) is 0 Å². The van der Waals surface area contributed by atoms with E-state index in [0.29, 0.717) is 25.8 Å². The molecule has 0 unspecified atom stereocenters. The molecular weight excluding hydrogens is 168 g/mol. The Hall–Kier alpha value is -0.900. The molecular formula is C9H16N2O2. The molecule has 0 atom stereocenters. The van der Waals surface area contributed by atoms with Crippen molar-refractivity contribution in [3.8, 4) is 0 Å². The maximum atomic E-state index is 11.5. The molecule has 2 N–H and O–H groups in total. The maximum Gasteiger partial charge on any atom is 0.229 e. The summed E-state index contributed by atoms with van der Waals surface area (Å²) in [4.78, 5) is 24.2. The summed E-state index contributed by atoms with van der Waals surface area (Å²) in [6.07, 6.45) is 1.61. The predicted octanol–water partition coefficient (Wildman–Crippen LogP) is 0.263. The van der Waals surface area contributed by atoms with E-state index in [0.717, 1.165) is 0 Å². The number of nitrogens with zero attached hydrogens (tertiary/aromatic N) is 1. The van der Waals surface area contributed by atoms with Crippen LogP contribution < -0.4 is 5.73 Å². The van der Waals surface area contributed by atoms with Crippen molar-refractivity contribution in [2.45, 2.75) is 38.6 Å². The van der Waals surface area contributed by atoms with Crippen LogP contribution in [0.25, 0.3) is 0 Å². The molecule has 74 valence electrons. The first-order chi connectivity index (χ1) is 5.99. The topological polar surface area (TPSA) is 63.4 Å². The van der Waals surface area contributed by atoms with Gasteiger partial charge in [0, 0.05) is 19.4 Å². The van der Waals surface area contributed by atoms with E-state index in [-0.39, 0.29) is 11.8 Å². The van der Waals surface area contributed by atoms with Gasteiger partial charge in [-0.25, -0.2) is 0 Å². The average Bonchev–Trinajstić information content (AvgIpc) is 2.03. The molecule has 0 radical (unpaired) electrons. The van der Waals surface area contributed by atoms with Gasteiger partial charge in [0.05, 0.1) is 5.54 Å². The third-order valence-corrected chi connectivity index (χ3v) is 2.38. The highest BCUT2D eigenvalue weighted by Gasteiger charge is 2.36.